The second-order valence-electron chi connectivity index (χ2n) is 2.68. The number of halogens is 2. The van der Waals surface area contributed by atoms with Crippen LogP contribution in [0.3, 0.4) is 0 Å². The summed E-state index contributed by atoms with van der Waals surface area (Å²) < 4.78 is 31.0. The third kappa shape index (κ3) is 2.77. The zero-order valence-corrected chi connectivity index (χ0v) is 7.83. The first-order chi connectivity index (χ1) is 7.04. The Bertz CT molecular complexity index is 390. The minimum absolute atomic E-state index is 0.0393. The summed E-state index contributed by atoms with van der Waals surface area (Å²) in [7, 11) is 1.28. The molecule has 0 aliphatic carbocycles. The van der Waals surface area contributed by atoms with E-state index in [4.69, 9.17) is 5.11 Å². The fourth-order valence-electron chi connectivity index (χ4n) is 0.993. The molecular formula is C10H8F2O3. The van der Waals surface area contributed by atoms with E-state index >= 15 is 0 Å². The molecule has 0 fully saturated rings. The number of aliphatic carboxylic acids is 1. The molecule has 5 heteroatoms. The number of hydrogen-bond donors (Lipinski definition) is 1. The monoisotopic (exact) mass is 214 g/mol. The second kappa shape index (κ2) is 4.54. The molecule has 0 heterocycles. The normalized spacial score (nSPS) is 10.6. The van der Waals surface area contributed by atoms with Crippen LogP contribution in [0.2, 0.25) is 0 Å². The van der Waals surface area contributed by atoms with E-state index in [1.165, 1.54) is 7.11 Å². The number of benzene rings is 1. The van der Waals surface area contributed by atoms with Gasteiger partial charge in [-0.1, -0.05) is 0 Å². The molecule has 0 radical (unpaired) electrons. The molecule has 0 amide bonds. The van der Waals surface area contributed by atoms with Crippen molar-refractivity contribution in [3.05, 3.63) is 35.4 Å². The number of hydrogen-bond acceptors (Lipinski definition) is 2. The molecule has 0 saturated carbocycles. The Morgan fingerprint density at radius 3 is 2.33 bits per heavy atom. The molecule has 80 valence electrons. The van der Waals surface area contributed by atoms with Crippen LogP contribution in [0.4, 0.5) is 8.78 Å². The van der Waals surface area contributed by atoms with E-state index in [1.807, 2.05) is 0 Å². The van der Waals surface area contributed by atoms with E-state index in [1.54, 1.807) is 0 Å². The molecule has 0 unspecified atom stereocenters. The van der Waals surface area contributed by atoms with Crippen LogP contribution in [-0.2, 0) is 4.79 Å². The molecule has 1 rings (SSSR count). The smallest absolute Gasteiger partial charge is 0.328 e. The summed E-state index contributed by atoms with van der Waals surface area (Å²) in [6.45, 7) is 0. The van der Waals surface area contributed by atoms with Gasteiger partial charge in [-0.3, -0.25) is 0 Å². The molecule has 0 atom stereocenters. The Labute approximate surface area is 84.6 Å². The van der Waals surface area contributed by atoms with Crippen LogP contribution in [0, 0.1) is 11.6 Å². The zero-order chi connectivity index (χ0) is 11.4. The highest BCUT2D eigenvalue weighted by Gasteiger charge is 2.09. The molecule has 1 N–H and O–H groups in total. The SMILES string of the molecule is COc1cc(F)c(C=CC(=O)O)c(F)c1. The largest absolute Gasteiger partial charge is 0.497 e. The van der Waals surface area contributed by atoms with Crippen molar-refractivity contribution in [2.45, 2.75) is 0 Å². The van der Waals surface area contributed by atoms with Crippen molar-refractivity contribution in [2.75, 3.05) is 7.11 Å². The van der Waals surface area contributed by atoms with Gasteiger partial charge in [-0.15, -0.1) is 0 Å². The Morgan fingerprint density at radius 2 is 1.93 bits per heavy atom. The molecule has 0 aliphatic heterocycles. The quantitative estimate of drug-likeness (QED) is 0.783. The standard InChI is InChI=1S/C10H8F2O3/c1-15-6-4-8(11)7(9(12)5-6)2-3-10(13)14/h2-5H,1H3,(H,13,14). The van der Waals surface area contributed by atoms with Gasteiger partial charge in [0.05, 0.1) is 7.11 Å². The number of carboxylic acids is 1. The minimum Gasteiger partial charge on any atom is -0.497 e. The molecule has 1 aromatic carbocycles. The Hall–Kier alpha value is -1.91. The van der Waals surface area contributed by atoms with E-state index in [-0.39, 0.29) is 5.75 Å². The van der Waals surface area contributed by atoms with E-state index in [2.05, 4.69) is 4.74 Å². The summed E-state index contributed by atoms with van der Waals surface area (Å²) in [5.41, 5.74) is -0.404. The van der Waals surface area contributed by atoms with Gasteiger partial charge in [0.15, 0.2) is 0 Å². The number of carbonyl (C=O) groups is 1. The summed E-state index contributed by atoms with van der Waals surface area (Å²) in [6, 6.07) is 1.95. The van der Waals surface area contributed by atoms with Gasteiger partial charge in [0, 0.05) is 23.8 Å². The van der Waals surface area contributed by atoms with Crippen molar-refractivity contribution in [1.29, 1.82) is 0 Å². The van der Waals surface area contributed by atoms with E-state index < -0.39 is 23.2 Å². The molecule has 15 heavy (non-hydrogen) atoms. The van der Waals surface area contributed by atoms with Crippen LogP contribution in [0.1, 0.15) is 5.56 Å². The lowest BCUT2D eigenvalue weighted by Gasteiger charge is -2.03. The van der Waals surface area contributed by atoms with Crippen molar-refractivity contribution in [2.24, 2.45) is 0 Å². The van der Waals surface area contributed by atoms with Crippen LogP contribution in [0.5, 0.6) is 5.75 Å². The first-order valence-corrected chi connectivity index (χ1v) is 3.98. The molecular weight excluding hydrogens is 206 g/mol. The number of methoxy groups -OCH3 is 1. The van der Waals surface area contributed by atoms with Crippen LogP contribution >= 0.6 is 0 Å². The summed E-state index contributed by atoms with van der Waals surface area (Å²) in [5.74, 6) is -2.98. The van der Waals surface area contributed by atoms with Crippen LogP contribution in [-0.4, -0.2) is 18.2 Å². The number of rotatable bonds is 3. The Morgan fingerprint density at radius 1 is 1.40 bits per heavy atom. The lowest BCUT2D eigenvalue weighted by atomic mass is 10.1. The van der Waals surface area contributed by atoms with Gasteiger partial charge in [0.25, 0.3) is 0 Å². The van der Waals surface area contributed by atoms with Crippen LogP contribution in [0.15, 0.2) is 18.2 Å². The summed E-state index contributed by atoms with van der Waals surface area (Å²) in [4.78, 5) is 10.2. The maximum absolute atomic E-state index is 13.2. The van der Waals surface area contributed by atoms with E-state index in [0.29, 0.717) is 6.08 Å². The molecule has 1 aromatic rings. The van der Waals surface area contributed by atoms with Gasteiger partial charge in [-0.2, -0.15) is 0 Å². The van der Waals surface area contributed by atoms with Crippen molar-refractivity contribution >= 4 is 12.0 Å². The highest BCUT2D eigenvalue weighted by atomic mass is 19.1. The van der Waals surface area contributed by atoms with Crippen molar-refractivity contribution < 1.29 is 23.4 Å². The third-order valence-corrected chi connectivity index (χ3v) is 1.68. The molecule has 0 aliphatic rings. The molecule has 0 aromatic heterocycles. The van der Waals surface area contributed by atoms with Crippen molar-refractivity contribution in [1.82, 2.24) is 0 Å². The molecule has 3 nitrogen and oxygen atoms in total. The zero-order valence-electron chi connectivity index (χ0n) is 7.83. The Balaban J connectivity index is 3.14. The lowest BCUT2D eigenvalue weighted by Crippen LogP contribution is -1.93. The lowest BCUT2D eigenvalue weighted by molar-refractivity contribution is -0.131. The maximum Gasteiger partial charge on any atom is 0.328 e. The van der Waals surface area contributed by atoms with Gasteiger partial charge in [-0.25, -0.2) is 13.6 Å². The van der Waals surface area contributed by atoms with Gasteiger partial charge in [0.1, 0.15) is 17.4 Å². The predicted octanol–water partition coefficient (Wildman–Crippen LogP) is 2.07. The second-order valence-corrected chi connectivity index (χ2v) is 2.68. The Kier molecular flexibility index (Phi) is 3.38. The van der Waals surface area contributed by atoms with Crippen molar-refractivity contribution in [3.63, 3.8) is 0 Å². The summed E-state index contributed by atoms with van der Waals surface area (Å²) in [5, 5.41) is 8.30. The number of ether oxygens (including phenoxy) is 1. The topological polar surface area (TPSA) is 46.5 Å². The van der Waals surface area contributed by atoms with Crippen LogP contribution in [0.25, 0.3) is 6.08 Å². The van der Waals surface area contributed by atoms with E-state index in [0.717, 1.165) is 18.2 Å². The fraction of sp³-hybridized carbons (Fsp3) is 0.100. The molecule has 0 spiro atoms. The van der Waals surface area contributed by atoms with Gasteiger partial charge >= 0.3 is 5.97 Å². The third-order valence-electron chi connectivity index (χ3n) is 1.68. The summed E-state index contributed by atoms with van der Waals surface area (Å²) in [6.07, 6.45) is 1.51. The average Bonchev–Trinajstić information content (AvgIpc) is 2.15. The highest BCUT2D eigenvalue weighted by Crippen LogP contribution is 2.21. The fourth-order valence-corrected chi connectivity index (χ4v) is 0.993. The summed E-state index contributed by atoms with van der Waals surface area (Å²) >= 11 is 0. The average molecular weight is 214 g/mol. The first-order valence-electron chi connectivity index (χ1n) is 3.98. The van der Waals surface area contributed by atoms with Gasteiger partial charge in [0.2, 0.25) is 0 Å². The highest BCUT2D eigenvalue weighted by molar-refractivity contribution is 5.85. The van der Waals surface area contributed by atoms with Gasteiger partial charge < -0.3 is 9.84 Å². The maximum atomic E-state index is 13.2. The predicted molar refractivity (Wildman–Crippen MR) is 49.6 cm³/mol. The number of carboxylic acid groups (broad SMARTS) is 1. The molecule has 0 saturated heterocycles. The van der Waals surface area contributed by atoms with E-state index in [9.17, 15) is 13.6 Å². The van der Waals surface area contributed by atoms with Gasteiger partial charge in [-0.05, 0) is 6.08 Å². The first kappa shape index (κ1) is 11.2. The molecule has 0 bridgehead atoms. The minimum atomic E-state index is -1.27. The van der Waals surface area contributed by atoms with Crippen LogP contribution < -0.4 is 4.74 Å². The van der Waals surface area contributed by atoms with Crippen molar-refractivity contribution in [3.8, 4) is 5.75 Å².